The van der Waals surface area contributed by atoms with Gasteiger partial charge in [-0.25, -0.2) is 4.79 Å². The summed E-state index contributed by atoms with van der Waals surface area (Å²) in [6.45, 7) is 0.329. The van der Waals surface area contributed by atoms with Crippen molar-refractivity contribution < 1.29 is 19.4 Å². The van der Waals surface area contributed by atoms with E-state index in [0.29, 0.717) is 18.7 Å². The standard InChI is InChI=1S/C19H19NO4/c1-24-16-8-4-5-13(9-16)10-18(21)20-12-15-7-3-2-6-14(15)11-17(20)19(22)23/h2-9,17H,10-12H2,1H3,(H,22,23)/t17-/m1/s1. The van der Waals surface area contributed by atoms with Crippen LogP contribution in [0.4, 0.5) is 0 Å². The molecule has 0 spiro atoms. The SMILES string of the molecule is COc1cccc(CC(=O)N2Cc3ccccc3C[C@@H]2C(=O)O)c1. The fourth-order valence-electron chi connectivity index (χ4n) is 3.06. The number of rotatable bonds is 4. The van der Waals surface area contributed by atoms with Crippen molar-refractivity contribution in [1.82, 2.24) is 4.90 Å². The van der Waals surface area contributed by atoms with Gasteiger partial charge in [-0.3, -0.25) is 4.79 Å². The predicted molar refractivity (Wildman–Crippen MR) is 88.8 cm³/mol. The van der Waals surface area contributed by atoms with Gasteiger partial charge in [0.05, 0.1) is 13.5 Å². The molecular formula is C19H19NO4. The second-order valence-electron chi connectivity index (χ2n) is 5.88. The summed E-state index contributed by atoms with van der Waals surface area (Å²) in [6, 6.07) is 14.1. The van der Waals surface area contributed by atoms with Crippen LogP contribution in [0.15, 0.2) is 48.5 Å². The monoisotopic (exact) mass is 325 g/mol. The molecular weight excluding hydrogens is 306 g/mol. The van der Waals surface area contributed by atoms with Crippen molar-refractivity contribution in [1.29, 1.82) is 0 Å². The van der Waals surface area contributed by atoms with E-state index in [9.17, 15) is 14.7 Å². The average molecular weight is 325 g/mol. The molecule has 0 fully saturated rings. The maximum absolute atomic E-state index is 12.7. The summed E-state index contributed by atoms with van der Waals surface area (Å²) in [5.41, 5.74) is 2.81. The molecule has 1 atom stereocenters. The molecule has 0 bridgehead atoms. The molecule has 1 aliphatic heterocycles. The molecule has 5 nitrogen and oxygen atoms in total. The molecule has 1 amide bonds. The first-order valence-electron chi connectivity index (χ1n) is 7.80. The summed E-state index contributed by atoms with van der Waals surface area (Å²) < 4.78 is 5.17. The molecule has 124 valence electrons. The van der Waals surface area contributed by atoms with Gasteiger partial charge in [-0.15, -0.1) is 0 Å². The van der Waals surface area contributed by atoms with Gasteiger partial charge in [-0.2, -0.15) is 0 Å². The lowest BCUT2D eigenvalue weighted by atomic mass is 9.93. The van der Waals surface area contributed by atoms with E-state index in [1.807, 2.05) is 42.5 Å². The van der Waals surface area contributed by atoms with Gasteiger partial charge < -0.3 is 14.7 Å². The number of benzene rings is 2. The van der Waals surface area contributed by atoms with Crippen LogP contribution in [0.1, 0.15) is 16.7 Å². The van der Waals surface area contributed by atoms with Crippen LogP contribution in [0.2, 0.25) is 0 Å². The largest absolute Gasteiger partial charge is 0.497 e. The van der Waals surface area contributed by atoms with Gasteiger partial charge in [-0.1, -0.05) is 36.4 Å². The number of carbonyl (C=O) groups is 2. The average Bonchev–Trinajstić information content (AvgIpc) is 2.60. The molecule has 0 saturated heterocycles. The zero-order chi connectivity index (χ0) is 17.1. The number of fused-ring (bicyclic) bond motifs is 1. The van der Waals surface area contributed by atoms with Crippen molar-refractivity contribution in [3.63, 3.8) is 0 Å². The Bertz CT molecular complexity index is 771. The van der Waals surface area contributed by atoms with Crippen molar-refractivity contribution in [3.05, 3.63) is 65.2 Å². The molecule has 0 unspecified atom stereocenters. The minimum Gasteiger partial charge on any atom is -0.497 e. The first kappa shape index (κ1) is 16.1. The van der Waals surface area contributed by atoms with Crippen LogP contribution in [0.3, 0.4) is 0 Å². The van der Waals surface area contributed by atoms with Crippen LogP contribution in [0.25, 0.3) is 0 Å². The summed E-state index contributed by atoms with van der Waals surface area (Å²) in [6.07, 6.45) is 0.499. The highest BCUT2D eigenvalue weighted by molar-refractivity contribution is 5.85. The van der Waals surface area contributed by atoms with Crippen molar-refractivity contribution in [3.8, 4) is 5.75 Å². The smallest absolute Gasteiger partial charge is 0.326 e. The van der Waals surface area contributed by atoms with Crippen LogP contribution < -0.4 is 4.74 Å². The number of aliphatic carboxylic acids is 1. The van der Waals surface area contributed by atoms with Crippen LogP contribution >= 0.6 is 0 Å². The van der Waals surface area contributed by atoms with Crippen molar-refractivity contribution in [2.75, 3.05) is 7.11 Å². The summed E-state index contributed by atoms with van der Waals surface area (Å²) in [7, 11) is 1.57. The topological polar surface area (TPSA) is 66.8 Å². The molecule has 5 heteroatoms. The number of methoxy groups -OCH3 is 1. The number of nitrogens with zero attached hydrogens (tertiary/aromatic N) is 1. The second-order valence-corrected chi connectivity index (χ2v) is 5.88. The molecule has 0 saturated carbocycles. The normalized spacial score (nSPS) is 16.4. The molecule has 2 aromatic carbocycles. The highest BCUT2D eigenvalue weighted by atomic mass is 16.5. The number of carboxylic acids is 1. The van der Waals surface area contributed by atoms with E-state index < -0.39 is 12.0 Å². The van der Waals surface area contributed by atoms with E-state index in [4.69, 9.17) is 4.74 Å². The third-order valence-electron chi connectivity index (χ3n) is 4.34. The lowest BCUT2D eigenvalue weighted by Gasteiger charge is -2.34. The first-order valence-corrected chi connectivity index (χ1v) is 7.80. The van der Waals surface area contributed by atoms with Crippen molar-refractivity contribution in [2.45, 2.75) is 25.4 Å². The van der Waals surface area contributed by atoms with E-state index in [1.165, 1.54) is 4.90 Å². The number of hydrogen-bond acceptors (Lipinski definition) is 3. The van der Waals surface area contributed by atoms with Crippen LogP contribution in [0, 0.1) is 0 Å². The number of hydrogen-bond donors (Lipinski definition) is 1. The van der Waals surface area contributed by atoms with Crippen LogP contribution in [-0.4, -0.2) is 35.0 Å². The zero-order valence-corrected chi connectivity index (χ0v) is 13.4. The maximum Gasteiger partial charge on any atom is 0.326 e. The van der Waals surface area contributed by atoms with Gasteiger partial charge in [0.1, 0.15) is 11.8 Å². The van der Waals surface area contributed by atoms with Crippen LogP contribution in [-0.2, 0) is 29.0 Å². The third-order valence-corrected chi connectivity index (χ3v) is 4.34. The lowest BCUT2D eigenvalue weighted by molar-refractivity contribution is -0.151. The number of carboxylic acid groups (broad SMARTS) is 1. The van der Waals surface area contributed by atoms with Gasteiger partial charge in [-0.05, 0) is 28.8 Å². The fraction of sp³-hybridized carbons (Fsp3) is 0.263. The summed E-state index contributed by atoms with van der Waals surface area (Å²) in [5.74, 6) is -0.479. The van der Waals surface area contributed by atoms with Crippen molar-refractivity contribution >= 4 is 11.9 Å². The Labute approximate surface area is 140 Å². The number of ether oxygens (including phenoxy) is 1. The lowest BCUT2D eigenvalue weighted by Crippen LogP contribution is -2.49. The molecule has 3 rings (SSSR count). The Hall–Kier alpha value is -2.82. The second kappa shape index (κ2) is 6.74. The fourth-order valence-corrected chi connectivity index (χ4v) is 3.06. The van der Waals surface area contributed by atoms with Gasteiger partial charge in [0.2, 0.25) is 5.91 Å². The molecule has 1 aliphatic rings. The quantitative estimate of drug-likeness (QED) is 0.936. The Balaban J connectivity index is 1.83. The Morgan fingerprint density at radius 3 is 2.62 bits per heavy atom. The Morgan fingerprint density at radius 1 is 1.17 bits per heavy atom. The number of carbonyl (C=O) groups excluding carboxylic acids is 1. The van der Waals surface area contributed by atoms with Gasteiger partial charge in [0.15, 0.2) is 0 Å². The van der Waals surface area contributed by atoms with E-state index in [-0.39, 0.29) is 12.3 Å². The zero-order valence-electron chi connectivity index (χ0n) is 13.4. The van der Waals surface area contributed by atoms with E-state index in [1.54, 1.807) is 13.2 Å². The maximum atomic E-state index is 12.7. The Morgan fingerprint density at radius 2 is 1.92 bits per heavy atom. The van der Waals surface area contributed by atoms with Crippen LogP contribution in [0.5, 0.6) is 5.75 Å². The van der Waals surface area contributed by atoms with Gasteiger partial charge in [0, 0.05) is 13.0 Å². The molecule has 0 aromatic heterocycles. The molecule has 0 aliphatic carbocycles. The molecule has 1 heterocycles. The Kier molecular flexibility index (Phi) is 4.51. The molecule has 1 N–H and O–H groups in total. The third kappa shape index (κ3) is 3.25. The highest BCUT2D eigenvalue weighted by Crippen LogP contribution is 2.24. The minimum atomic E-state index is -0.969. The molecule has 0 radical (unpaired) electrons. The summed E-state index contributed by atoms with van der Waals surface area (Å²) in [4.78, 5) is 25.8. The summed E-state index contributed by atoms with van der Waals surface area (Å²) in [5, 5.41) is 9.52. The predicted octanol–water partition coefficient (Wildman–Crippen LogP) is 2.28. The first-order chi connectivity index (χ1) is 11.6. The minimum absolute atomic E-state index is 0.156. The molecule has 24 heavy (non-hydrogen) atoms. The van der Waals surface area contributed by atoms with E-state index in [0.717, 1.165) is 16.7 Å². The summed E-state index contributed by atoms with van der Waals surface area (Å²) >= 11 is 0. The van der Waals surface area contributed by atoms with Gasteiger partial charge >= 0.3 is 5.97 Å². The van der Waals surface area contributed by atoms with Crippen molar-refractivity contribution in [2.24, 2.45) is 0 Å². The van der Waals surface area contributed by atoms with E-state index in [2.05, 4.69) is 0 Å². The van der Waals surface area contributed by atoms with E-state index >= 15 is 0 Å². The highest BCUT2D eigenvalue weighted by Gasteiger charge is 2.34. The molecule has 2 aromatic rings. The van der Waals surface area contributed by atoms with Gasteiger partial charge in [0.25, 0.3) is 0 Å². The number of amides is 1.